The third-order valence-electron chi connectivity index (χ3n) is 6.33. The summed E-state index contributed by atoms with van der Waals surface area (Å²) in [5.74, 6) is 0.174. The van der Waals surface area contributed by atoms with Gasteiger partial charge in [0.25, 0.3) is 0 Å². The minimum Gasteiger partial charge on any atom is -0.389 e. The van der Waals surface area contributed by atoms with E-state index < -0.39 is 5.60 Å². The van der Waals surface area contributed by atoms with Gasteiger partial charge in [-0.1, -0.05) is 81.1 Å². The normalized spacial score (nSPS) is 31.0. The first-order valence-corrected chi connectivity index (χ1v) is 10.6. The Kier molecular flexibility index (Phi) is 6.53. The van der Waals surface area contributed by atoms with Crippen LogP contribution in [0.5, 0.6) is 0 Å². The van der Waals surface area contributed by atoms with Gasteiger partial charge in [0.1, 0.15) is 0 Å². The molecular weight excluding hydrogens is 377 g/mol. The molecule has 146 valence electrons. The number of hydrogen-bond acceptors (Lipinski definition) is 2. The van der Waals surface area contributed by atoms with Crippen molar-refractivity contribution in [3.8, 4) is 0 Å². The molecule has 27 heavy (non-hydrogen) atoms. The first-order chi connectivity index (χ1) is 12.9. The Morgan fingerprint density at radius 1 is 0.852 bits per heavy atom. The van der Waals surface area contributed by atoms with Gasteiger partial charge in [0.2, 0.25) is 0 Å². The van der Waals surface area contributed by atoms with Gasteiger partial charge in [0.15, 0.2) is 0 Å². The third kappa shape index (κ3) is 4.19. The van der Waals surface area contributed by atoms with Gasteiger partial charge in [0, 0.05) is 34.0 Å². The quantitative estimate of drug-likeness (QED) is 0.588. The highest BCUT2D eigenvalue weighted by atomic mass is 35.5. The number of aliphatic hydroxyl groups is 1. The molecule has 2 aromatic carbocycles. The van der Waals surface area contributed by atoms with Crippen LogP contribution in [0, 0.1) is 11.8 Å². The van der Waals surface area contributed by atoms with Crippen molar-refractivity contribution >= 4 is 23.2 Å². The molecule has 4 heteroatoms. The molecule has 1 heterocycles. The van der Waals surface area contributed by atoms with E-state index in [4.69, 9.17) is 23.2 Å². The van der Waals surface area contributed by atoms with E-state index in [1.165, 1.54) is 0 Å². The molecular formula is C23H29Cl2NO. The lowest BCUT2D eigenvalue weighted by atomic mass is 9.64. The van der Waals surface area contributed by atoms with Crippen LogP contribution < -0.4 is 5.32 Å². The number of piperidine rings is 1. The predicted octanol–water partition coefficient (Wildman–Crippen LogP) is 6.57. The second-order valence-corrected chi connectivity index (χ2v) is 8.77. The maximum absolute atomic E-state index is 11.8. The highest BCUT2D eigenvalue weighted by molar-refractivity contribution is 6.30. The molecule has 0 spiro atoms. The van der Waals surface area contributed by atoms with Crippen molar-refractivity contribution in [3.05, 3.63) is 69.7 Å². The second kappa shape index (κ2) is 8.53. The summed E-state index contributed by atoms with van der Waals surface area (Å²) in [6.07, 6.45) is 2.90. The molecule has 2 N–H and O–H groups in total. The maximum atomic E-state index is 11.8. The van der Waals surface area contributed by atoms with Crippen LogP contribution in [0.1, 0.15) is 63.2 Å². The van der Waals surface area contributed by atoms with Crippen molar-refractivity contribution in [1.82, 2.24) is 5.32 Å². The van der Waals surface area contributed by atoms with Crippen molar-refractivity contribution < 1.29 is 5.11 Å². The molecule has 1 saturated heterocycles. The predicted molar refractivity (Wildman–Crippen MR) is 114 cm³/mol. The number of benzene rings is 2. The van der Waals surface area contributed by atoms with E-state index in [9.17, 15) is 5.11 Å². The third-order valence-corrected chi connectivity index (χ3v) is 6.83. The molecule has 2 nitrogen and oxygen atoms in total. The highest BCUT2D eigenvalue weighted by Gasteiger charge is 2.50. The van der Waals surface area contributed by atoms with Crippen molar-refractivity contribution in [1.29, 1.82) is 0 Å². The van der Waals surface area contributed by atoms with Crippen LogP contribution in [0.25, 0.3) is 0 Å². The van der Waals surface area contributed by atoms with E-state index >= 15 is 0 Å². The van der Waals surface area contributed by atoms with Crippen molar-refractivity contribution in [2.24, 2.45) is 11.8 Å². The minimum atomic E-state index is -0.740. The molecule has 0 bridgehead atoms. The SMILES string of the molecule is CCCCC1(O)[C@H](C)[C@@H](c2ccc(Cl)cc2)N[C@@H](c2ccc(Cl)cc2)[C@@H]1C. The van der Waals surface area contributed by atoms with Crippen LogP contribution in [0.15, 0.2) is 48.5 Å². The summed E-state index contributed by atoms with van der Waals surface area (Å²) >= 11 is 12.2. The van der Waals surface area contributed by atoms with Crippen LogP contribution in [-0.2, 0) is 0 Å². The van der Waals surface area contributed by atoms with E-state index in [1.807, 2.05) is 24.3 Å². The van der Waals surface area contributed by atoms with Gasteiger partial charge in [-0.25, -0.2) is 0 Å². The summed E-state index contributed by atoms with van der Waals surface area (Å²) in [7, 11) is 0. The van der Waals surface area contributed by atoms with E-state index in [2.05, 4.69) is 50.4 Å². The van der Waals surface area contributed by atoms with E-state index in [1.54, 1.807) is 0 Å². The van der Waals surface area contributed by atoms with Crippen molar-refractivity contribution in [3.63, 3.8) is 0 Å². The smallest absolute Gasteiger partial charge is 0.0734 e. The highest BCUT2D eigenvalue weighted by Crippen LogP contribution is 2.49. The Bertz CT molecular complexity index is 686. The van der Waals surface area contributed by atoms with Crippen LogP contribution in [0.4, 0.5) is 0 Å². The lowest BCUT2D eigenvalue weighted by Crippen LogP contribution is -2.57. The molecule has 5 atom stereocenters. The van der Waals surface area contributed by atoms with Gasteiger partial charge in [-0.05, 0) is 41.8 Å². The summed E-state index contributed by atoms with van der Waals surface area (Å²) in [6.45, 7) is 6.50. The molecule has 0 aromatic heterocycles. The number of unbranched alkanes of at least 4 members (excludes halogenated alkanes) is 1. The zero-order valence-electron chi connectivity index (χ0n) is 16.3. The first kappa shape index (κ1) is 20.7. The summed E-state index contributed by atoms with van der Waals surface area (Å²) < 4.78 is 0. The van der Waals surface area contributed by atoms with Gasteiger partial charge in [-0.2, -0.15) is 0 Å². The monoisotopic (exact) mass is 405 g/mol. The fraction of sp³-hybridized carbons (Fsp3) is 0.478. The van der Waals surface area contributed by atoms with Crippen LogP contribution in [0.3, 0.4) is 0 Å². The van der Waals surface area contributed by atoms with E-state index in [0.29, 0.717) is 0 Å². The molecule has 0 saturated carbocycles. The minimum absolute atomic E-state index is 0.0565. The molecule has 1 fully saturated rings. The summed E-state index contributed by atoms with van der Waals surface area (Å²) in [5, 5.41) is 17.1. The zero-order valence-corrected chi connectivity index (χ0v) is 17.8. The van der Waals surface area contributed by atoms with Gasteiger partial charge in [-0.3, -0.25) is 0 Å². The number of hydrogen-bond donors (Lipinski definition) is 2. The first-order valence-electron chi connectivity index (χ1n) is 9.86. The lowest BCUT2D eigenvalue weighted by molar-refractivity contribution is -0.117. The van der Waals surface area contributed by atoms with Crippen molar-refractivity contribution in [2.45, 2.75) is 57.7 Å². The Balaban J connectivity index is 2.01. The summed E-state index contributed by atoms with van der Waals surface area (Å²) in [4.78, 5) is 0. The lowest BCUT2D eigenvalue weighted by Gasteiger charge is -2.52. The maximum Gasteiger partial charge on any atom is 0.0734 e. The Hall–Kier alpha value is -1.06. The van der Waals surface area contributed by atoms with E-state index in [0.717, 1.165) is 40.4 Å². The topological polar surface area (TPSA) is 32.3 Å². The number of halogens is 2. The zero-order chi connectivity index (χ0) is 19.6. The second-order valence-electron chi connectivity index (χ2n) is 7.90. The number of rotatable bonds is 5. The largest absolute Gasteiger partial charge is 0.389 e. The molecule has 0 aliphatic carbocycles. The molecule has 1 aliphatic heterocycles. The molecule has 0 radical (unpaired) electrons. The van der Waals surface area contributed by atoms with Crippen LogP contribution in [-0.4, -0.2) is 10.7 Å². The molecule has 1 unspecified atom stereocenters. The Morgan fingerprint density at radius 3 is 1.63 bits per heavy atom. The fourth-order valence-electron chi connectivity index (χ4n) is 4.50. The standard InChI is InChI=1S/C23H29Cl2NO/c1-4-5-14-23(27)15(2)21(17-6-10-19(24)11-7-17)26-22(16(23)3)18-8-12-20(25)13-9-18/h6-13,15-16,21-22,26-27H,4-5,14H2,1-3H3/t15-,16+,21+,22-,23?. The van der Waals surface area contributed by atoms with Crippen LogP contribution >= 0.6 is 23.2 Å². The van der Waals surface area contributed by atoms with Crippen molar-refractivity contribution in [2.75, 3.05) is 0 Å². The van der Waals surface area contributed by atoms with Gasteiger partial charge < -0.3 is 10.4 Å². The van der Waals surface area contributed by atoms with E-state index in [-0.39, 0.29) is 23.9 Å². The van der Waals surface area contributed by atoms with Gasteiger partial charge in [0.05, 0.1) is 5.60 Å². The number of nitrogens with one attached hydrogen (secondary N) is 1. The van der Waals surface area contributed by atoms with Crippen LogP contribution in [0.2, 0.25) is 10.0 Å². The summed E-state index contributed by atoms with van der Waals surface area (Å²) in [5.41, 5.74) is 1.58. The summed E-state index contributed by atoms with van der Waals surface area (Å²) in [6, 6.07) is 16.0. The van der Waals surface area contributed by atoms with Gasteiger partial charge >= 0.3 is 0 Å². The average molecular weight is 406 g/mol. The molecule has 1 aliphatic rings. The molecule has 2 aromatic rings. The van der Waals surface area contributed by atoms with Gasteiger partial charge in [-0.15, -0.1) is 0 Å². The molecule has 3 rings (SSSR count). The Morgan fingerprint density at radius 2 is 1.26 bits per heavy atom. The fourth-order valence-corrected chi connectivity index (χ4v) is 4.75. The average Bonchev–Trinajstić information content (AvgIpc) is 2.67. The molecule has 0 amide bonds. The Labute approximate surface area is 172 Å².